The Morgan fingerprint density at radius 3 is 2.52 bits per heavy atom. The van der Waals surface area contributed by atoms with E-state index in [1.54, 1.807) is 6.92 Å². The zero-order chi connectivity index (χ0) is 20.4. The fourth-order valence-electron chi connectivity index (χ4n) is 2.53. The van der Waals surface area contributed by atoms with Crippen molar-refractivity contribution in [3.8, 4) is 0 Å². The topological polar surface area (TPSA) is 170 Å². The fraction of sp³-hybridized carbons (Fsp3) is 0.667. The maximum absolute atomic E-state index is 12.1. The van der Waals surface area contributed by atoms with Gasteiger partial charge in [-0.15, -0.1) is 0 Å². The largest absolute Gasteiger partial charge is 0.469 e. The lowest BCUT2D eigenvalue weighted by Crippen LogP contribution is -2.40. The van der Waals surface area contributed by atoms with Crippen LogP contribution in [0.1, 0.15) is 13.2 Å². The lowest BCUT2D eigenvalue weighted by molar-refractivity contribution is -0.0547. The van der Waals surface area contributed by atoms with Crippen LogP contribution in [0.5, 0.6) is 0 Å². The number of H-pyrrole nitrogens is 1. The predicted octanol–water partition coefficient (Wildman–Crippen LogP) is -0.735. The second kappa shape index (κ2) is 8.75. The van der Waals surface area contributed by atoms with Crippen molar-refractivity contribution in [1.29, 1.82) is 0 Å². The number of ether oxygens (including phenoxy) is 2. The second-order valence-corrected chi connectivity index (χ2v) is 10.7. The number of methoxy groups -OCH3 is 1. The number of phosphoric acid groups is 1. The first-order chi connectivity index (χ1) is 12.5. The zero-order valence-corrected chi connectivity index (χ0v) is 16.9. The molecule has 0 spiro atoms. The van der Waals surface area contributed by atoms with E-state index in [-0.39, 0.29) is 6.16 Å². The Balaban J connectivity index is 2.40. The highest BCUT2D eigenvalue weighted by Crippen LogP contribution is 2.48. The first-order valence-electron chi connectivity index (χ1n) is 7.67. The minimum atomic E-state index is -4.78. The van der Waals surface area contributed by atoms with Crippen molar-refractivity contribution in [2.45, 2.75) is 31.5 Å². The van der Waals surface area contributed by atoms with Gasteiger partial charge in [0.25, 0.3) is 5.56 Å². The molecule has 1 saturated heterocycles. The molecular formula is C12H20N2O10P2S. The molecule has 4 N–H and O–H groups in total. The number of phosphoric ester groups is 1. The molecule has 2 rings (SSSR count). The molecule has 0 aromatic carbocycles. The molecule has 1 aromatic heterocycles. The third kappa shape index (κ3) is 5.88. The standard InChI is InChI=1S/C12H20N2O10P2S/c1-3-25(17,27)24-10-9(21-2)7(6-22-26(18,19)20)23-11(10)14-5-4-8(15)13-12(14)16/h4-5,7,9-11H,3,6H2,1-2H3,(H,17,27)(H,13,15,16)(H2,18,19,20)/t7-,9-,10-,11-,25?/m1/s1. The summed E-state index contributed by atoms with van der Waals surface area (Å²) < 4.78 is 33.0. The van der Waals surface area contributed by atoms with Gasteiger partial charge in [0, 0.05) is 25.5 Å². The quantitative estimate of drug-likeness (QED) is 0.371. The SMILES string of the molecule is CCP(O)(=S)O[C@@H]1[C@H](OC)[C@@H](COP(=O)(O)O)O[C@H]1n1ccc(=O)[nH]c1=O. The van der Waals surface area contributed by atoms with Gasteiger partial charge in [0.2, 0.25) is 0 Å². The molecule has 0 bridgehead atoms. The lowest BCUT2D eigenvalue weighted by atomic mass is 10.1. The van der Waals surface area contributed by atoms with E-state index in [4.69, 9.17) is 35.6 Å². The number of hydrogen-bond donors (Lipinski definition) is 4. The molecule has 154 valence electrons. The highest BCUT2D eigenvalue weighted by molar-refractivity contribution is 8.09. The van der Waals surface area contributed by atoms with Crippen LogP contribution in [0.3, 0.4) is 0 Å². The summed E-state index contributed by atoms with van der Waals surface area (Å²) in [6.07, 6.45) is -3.02. The van der Waals surface area contributed by atoms with E-state index in [9.17, 15) is 19.0 Å². The monoisotopic (exact) mass is 446 g/mol. The van der Waals surface area contributed by atoms with Crippen molar-refractivity contribution >= 4 is 26.1 Å². The first kappa shape index (κ1) is 22.6. The van der Waals surface area contributed by atoms with Crippen molar-refractivity contribution in [3.05, 3.63) is 33.1 Å². The van der Waals surface area contributed by atoms with Gasteiger partial charge >= 0.3 is 13.5 Å². The van der Waals surface area contributed by atoms with Gasteiger partial charge in [-0.3, -0.25) is 18.9 Å². The van der Waals surface area contributed by atoms with Gasteiger partial charge < -0.3 is 28.7 Å². The van der Waals surface area contributed by atoms with Crippen LogP contribution >= 0.6 is 14.3 Å². The summed E-state index contributed by atoms with van der Waals surface area (Å²) in [7, 11) is -3.49. The van der Waals surface area contributed by atoms with Crippen LogP contribution in [0.4, 0.5) is 0 Å². The van der Waals surface area contributed by atoms with Crippen LogP contribution in [0.15, 0.2) is 21.9 Å². The Labute approximate surface area is 158 Å². The molecule has 5 atom stereocenters. The van der Waals surface area contributed by atoms with Crippen molar-refractivity contribution in [3.63, 3.8) is 0 Å². The molecule has 12 nitrogen and oxygen atoms in total. The molecule has 0 aliphatic carbocycles. The minimum Gasteiger partial charge on any atom is -0.376 e. The van der Waals surface area contributed by atoms with Crippen LogP contribution in [0.25, 0.3) is 0 Å². The third-order valence-electron chi connectivity index (χ3n) is 3.78. The first-order valence-corrected chi connectivity index (χ1v) is 12.1. The van der Waals surface area contributed by atoms with Crippen molar-refractivity contribution in [2.24, 2.45) is 0 Å². The summed E-state index contributed by atoms with van der Waals surface area (Å²) in [6, 6.07) is 1.08. The van der Waals surface area contributed by atoms with Crippen LogP contribution in [0, 0.1) is 0 Å². The maximum Gasteiger partial charge on any atom is 0.469 e. The van der Waals surface area contributed by atoms with Crippen molar-refractivity contribution in [1.82, 2.24) is 9.55 Å². The molecule has 1 aliphatic rings. The van der Waals surface area contributed by atoms with Crippen molar-refractivity contribution in [2.75, 3.05) is 19.9 Å². The third-order valence-corrected chi connectivity index (χ3v) is 6.67. The second-order valence-electron chi connectivity index (χ2n) is 5.59. The van der Waals surface area contributed by atoms with Gasteiger partial charge in [-0.2, -0.15) is 0 Å². The molecule has 2 heterocycles. The van der Waals surface area contributed by atoms with E-state index in [1.807, 2.05) is 0 Å². The number of nitrogens with one attached hydrogen (secondary N) is 1. The van der Waals surface area contributed by atoms with Crippen LogP contribution in [0.2, 0.25) is 0 Å². The Bertz CT molecular complexity index is 866. The molecule has 27 heavy (non-hydrogen) atoms. The summed E-state index contributed by atoms with van der Waals surface area (Å²) in [4.78, 5) is 53.5. The number of hydrogen-bond acceptors (Lipinski definition) is 8. The number of aromatic amines is 1. The molecule has 15 heteroatoms. The highest BCUT2D eigenvalue weighted by Gasteiger charge is 2.49. The average Bonchev–Trinajstić information content (AvgIpc) is 2.89. The summed E-state index contributed by atoms with van der Waals surface area (Å²) in [5.74, 6) is 0. The van der Waals surface area contributed by atoms with E-state index in [2.05, 4.69) is 9.51 Å². The van der Waals surface area contributed by atoms with Gasteiger partial charge in [0.15, 0.2) is 12.7 Å². The van der Waals surface area contributed by atoms with Crippen LogP contribution in [-0.4, -0.2) is 62.4 Å². The Hall–Kier alpha value is -0.720. The summed E-state index contributed by atoms with van der Waals surface area (Å²) in [5, 5.41) is 0. The molecule has 1 fully saturated rings. The van der Waals surface area contributed by atoms with E-state index in [0.29, 0.717) is 0 Å². The normalized spacial score (nSPS) is 28.2. The summed E-state index contributed by atoms with van der Waals surface area (Å²) in [6.45, 7) is -2.19. The summed E-state index contributed by atoms with van der Waals surface area (Å²) >= 11 is 5.03. The van der Waals surface area contributed by atoms with Crippen molar-refractivity contribution < 1.29 is 37.8 Å². The smallest absolute Gasteiger partial charge is 0.376 e. The maximum atomic E-state index is 12.1. The van der Waals surface area contributed by atoms with E-state index in [0.717, 1.165) is 16.8 Å². The van der Waals surface area contributed by atoms with E-state index in [1.165, 1.54) is 7.11 Å². The fourth-order valence-corrected chi connectivity index (χ4v) is 3.92. The Kier molecular flexibility index (Phi) is 7.31. The van der Waals surface area contributed by atoms with Gasteiger partial charge in [-0.25, -0.2) is 9.36 Å². The molecule has 1 unspecified atom stereocenters. The molecule has 0 saturated carbocycles. The minimum absolute atomic E-state index is 0.131. The average molecular weight is 446 g/mol. The van der Waals surface area contributed by atoms with Gasteiger partial charge in [-0.1, -0.05) is 6.92 Å². The van der Waals surface area contributed by atoms with Crippen LogP contribution < -0.4 is 11.2 Å². The Morgan fingerprint density at radius 1 is 1.33 bits per heavy atom. The highest BCUT2D eigenvalue weighted by atomic mass is 32.5. The van der Waals surface area contributed by atoms with E-state index >= 15 is 0 Å². The summed E-state index contributed by atoms with van der Waals surface area (Å²) in [5.41, 5.74) is -1.44. The van der Waals surface area contributed by atoms with Gasteiger partial charge in [-0.05, 0) is 11.8 Å². The lowest BCUT2D eigenvalue weighted by Gasteiger charge is -2.27. The molecule has 0 amide bonds. The number of aromatic nitrogens is 2. The molecule has 1 aromatic rings. The molecule has 0 radical (unpaired) electrons. The van der Waals surface area contributed by atoms with Gasteiger partial charge in [0.1, 0.15) is 18.3 Å². The predicted molar refractivity (Wildman–Crippen MR) is 95.9 cm³/mol. The molecule has 1 aliphatic heterocycles. The Morgan fingerprint density at radius 2 is 2.00 bits per heavy atom. The number of nitrogens with zero attached hydrogens (tertiary/aromatic N) is 1. The van der Waals surface area contributed by atoms with Crippen LogP contribution in [-0.2, 0) is 34.9 Å². The van der Waals surface area contributed by atoms with E-state index < -0.39 is 56.7 Å². The van der Waals surface area contributed by atoms with Gasteiger partial charge in [0.05, 0.1) is 6.61 Å². The zero-order valence-electron chi connectivity index (χ0n) is 14.3. The number of rotatable bonds is 8. The molecular weight excluding hydrogens is 426 g/mol.